The zero-order chi connectivity index (χ0) is 10.4. The SMILES string of the molecule is CCCCNC(C)c1cnn(CC)c1. The molecule has 0 spiro atoms. The van der Waals surface area contributed by atoms with Crippen LogP contribution < -0.4 is 5.32 Å². The summed E-state index contributed by atoms with van der Waals surface area (Å²) >= 11 is 0. The van der Waals surface area contributed by atoms with Crippen LogP contribution in [0.4, 0.5) is 0 Å². The zero-order valence-electron chi connectivity index (χ0n) is 9.45. The van der Waals surface area contributed by atoms with Crippen molar-refractivity contribution in [1.29, 1.82) is 0 Å². The predicted molar refractivity (Wildman–Crippen MR) is 59.2 cm³/mol. The average Bonchev–Trinajstić information content (AvgIpc) is 2.66. The molecule has 0 saturated carbocycles. The quantitative estimate of drug-likeness (QED) is 0.706. The minimum absolute atomic E-state index is 0.418. The predicted octanol–water partition coefficient (Wildman–Crippen LogP) is 2.35. The van der Waals surface area contributed by atoms with E-state index in [0.717, 1.165) is 13.1 Å². The lowest BCUT2D eigenvalue weighted by Gasteiger charge is -2.10. The maximum Gasteiger partial charge on any atom is 0.0537 e. The topological polar surface area (TPSA) is 29.9 Å². The van der Waals surface area contributed by atoms with Crippen molar-refractivity contribution in [2.75, 3.05) is 6.54 Å². The van der Waals surface area contributed by atoms with Crippen molar-refractivity contribution >= 4 is 0 Å². The molecule has 14 heavy (non-hydrogen) atoms. The van der Waals surface area contributed by atoms with Gasteiger partial charge in [-0.1, -0.05) is 13.3 Å². The van der Waals surface area contributed by atoms with Gasteiger partial charge in [-0.3, -0.25) is 4.68 Å². The Labute approximate surface area is 86.5 Å². The molecule has 0 aliphatic heterocycles. The molecule has 80 valence electrons. The molecule has 1 atom stereocenters. The Balaban J connectivity index is 2.39. The van der Waals surface area contributed by atoms with E-state index in [1.165, 1.54) is 18.4 Å². The first kappa shape index (κ1) is 11.2. The van der Waals surface area contributed by atoms with Gasteiger partial charge < -0.3 is 5.32 Å². The molecule has 0 radical (unpaired) electrons. The van der Waals surface area contributed by atoms with Gasteiger partial charge in [0.15, 0.2) is 0 Å². The normalized spacial score (nSPS) is 13.1. The van der Waals surface area contributed by atoms with Crippen molar-refractivity contribution in [3.63, 3.8) is 0 Å². The average molecular weight is 195 g/mol. The first-order valence-corrected chi connectivity index (χ1v) is 5.53. The summed E-state index contributed by atoms with van der Waals surface area (Å²) in [5, 5.41) is 7.74. The van der Waals surface area contributed by atoms with E-state index in [4.69, 9.17) is 0 Å². The zero-order valence-corrected chi connectivity index (χ0v) is 9.45. The van der Waals surface area contributed by atoms with Crippen molar-refractivity contribution < 1.29 is 0 Å². The first-order chi connectivity index (χ1) is 6.77. The smallest absolute Gasteiger partial charge is 0.0537 e. The minimum atomic E-state index is 0.418. The van der Waals surface area contributed by atoms with Gasteiger partial charge in [-0.05, 0) is 26.8 Å². The van der Waals surface area contributed by atoms with E-state index < -0.39 is 0 Å². The molecule has 1 aromatic heterocycles. The van der Waals surface area contributed by atoms with E-state index in [2.05, 4.69) is 37.4 Å². The lowest BCUT2D eigenvalue weighted by molar-refractivity contribution is 0.553. The summed E-state index contributed by atoms with van der Waals surface area (Å²) < 4.78 is 1.97. The molecule has 3 heteroatoms. The van der Waals surface area contributed by atoms with E-state index in [1.807, 2.05) is 10.9 Å². The standard InChI is InChI=1S/C11H21N3/c1-4-6-7-12-10(3)11-8-13-14(5-2)9-11/h8-10,12H,4-7H2,1-3H3. The van der Waals surface area contributed by atoms with Crippen LogP contribution in [0.2, 0.25) is 0 Å². The second kappa shape index (κ2) is 5.81. The van der Waals surface area contributed by atoms with Crippen LogP contribution in [0.3, 0.4) is 0 Å². The van der Waals surface area contributed by atoms with Gasteiger partial charge in [-0.15, -0.1) is 0 Å². The monoisotopic (exact) mass is 195 g/mol. The van der Waals surface area contributed by atoms with E-state index in [-0.39, 0.29) is 0 Å². The molecule has 3 nitrogen and oxygen atoms in total. The van der Waals surface area contributed by atoms with Crippen LogP contribution in [0.25, 0.3) is 0 Å². The second-order valence-corrected chi connectivity index (χ2v) is 3.66. The Hall–Kier alpha value is -0.830. The fraction of sp³-hybridized carbons (Fsp3) is 0.727. The van der Waals surface area contributed by atoms with Gasteiger partial charge in [0.05, 0.1) is 6.20 Å². The van der Waals surface area contributed by atoms with E-state index in [1.54, 1.807) is 0 Å². The third-order valence-corrected chi connectivity index (χ3v) is 2.46. The second-order valence-electron chi connectivity index (χ2n) is 3.66. The maximum atomic E-state index is 4.26. The third-order valence-electron chi connectivity index (χ3n) is 2.46. The van der Waals surface area contributed by atoms with Crippen LogP contribution in [0, 0.1) is 0 Å². The van der Waals surface area contributed by atoms with Gasteiger partial charge in [0, 0.05) is 24.3 Å². The number of nitrogens with zero attached hydrogens (tertiary/aromatic N) is 2. The largest absolute Gasteiger partial charge is 0.310 e. The number of hydrogen-bond donors (Lipinski definition) is 1. The molecule has 0 aliphatic carbocycles. The van der Waals surface area contributed by atoms with Crippen molar-refractivity contribution in [3.8, 4) is 0 Å². The Bertz CT molecular complexity index is 255. The van der Waals surface area contributed by atoms with Gasteiger partial charge in [0.2, 0.25) is 0 Å². The maximum absolute atomic E-state index is 4.26. The minimum Gasteiger partial charge on any atom is -0.310 e. The molecular weight excluding hydrogens is 174 g/mol. The molecule has 0 fully saturated rings. The fourth-order valence-corrected chi connectivity index (χ4v) is 1.39. The van der Waals surface area contributed by atoms with E-state index >= 15 is 0 Å². The summed E-state index contributed by atoms with van der Waals surface area (Å²) in [5.74, 6) is 0. The first-order valence-electron chi connectivity index (χ1n) is 5.53. The summed E-state index contributed by atoms with van der Waals surface area (Å²) in [5.41, 5.74) is 1.28. The fourth-order valence-electron chi connectivity index (χ4n) is 1.39. The van der Waals surface area contributed by atoms with Gasteiger partial charge in [-0.25, -0.2) is 0 Å². The van der Waals surface area contributed by atoms with E-state index in [9.17, 15) is 0 Å². The van der Waals surface area contributed by atoms with Crippen molar-refractivity contribution in [1.82, 2.24) is 15.1 Å². The van der Waals surface area contributed by atoms with Crippen molar-refractivity contribution in [2.24, 2.45) is 0 Å². The molecule has 1 aromatic rings. The van der Waals surface area contributed by atoms with Crippen molar-refractivity contribution in [3.05, 3.63) is 18.0 Å². The van der Waals surface area contributed by atoms with E-state index in [0.29, 0.717) is 6.04 Å². The van der Waals surface area contributed by atoms with Gasteiger partial charge in [-0.2, -0.15) is 5.10 Å². The molecule has 0 saturated heterocycles. The molecular formula is C11H21N3. The molecule has 1 heterocycles. The Morgan fingerprint density at radius 2 is 2.29 bits per heavy atom. The summed E-state index contributed by atoms with van der Waals surface area (Å²) in [7, 11) is 0. The summed E-state index contributed by atoms with van der Waals surface area (Å²) in [6.07, 6.45) is 6.55. The van der Waals surface area contributed by atoms with Gasteiger partial charge in [0.1, 0.15) is 0 Å². The molecule has 0 amide bonds. The third kappa shape index (κ3) is 3.14. The van der Waals surface area contributed by atoms with Crippen LogP contribution in [0.15, 0.2) is 12.4 Å². The number of rotatable bonds is 6. The molecule has 1 N–H and O–H groups in total. The number of nitrogens with one attached hydrogen (secondary N) is 1. The Kier molecular flexibility index (Phi) is 4.66. The Morgan fingerprint density at radius 3 is 2.86 bits per heavy atom. The highest BCUT2D eigenvalue weighted by atomic mass is 15.3. The van der Waals surface area contributed by atoms with Crippen LogP contribution in [0.5, 0.6) is 0 Å². The molecule has 1 unspecified atom stereocenters. The molecule has 0 aliphatic rings. The number of hydrogen-bond acceptors (Lipinski definition) is 2. The highest BCUT2D eigenvalue weighted by Gasteiger charge is 2.05. The lowest BCUT2D eigenvalue weighted by atomic mass is 10.2. The highest BCUT2D eigenvalue weighted by Crippen LogP contribution is 2.10. The van der Waals surface area contributed by atoms with Crippen molar-refractivity contribution in [2.45, 2.75) is 46.2 Å². The van der Waals surface area contributed by atoms with Crippen LogP contribution >= 0.6 is 0 Å². The molecule has 1 rings (SSSR count). The van der Waals surface area contributed by atoms with Gasteiger partial charge in [0.25, 0.3) is 0 Å². The van der Waals surface area contributed by atoms with Crippen LogP contribution in [-0.2, 0) is 6.54 Å². The lowest BCUT2D eigenvalue weighted by Crippen LogP contribution is -2.19. The van der Waals surface area contributed by atoms with Gasteiger partial charge >= 0.3 is 0 Å². The summed E-state index contributed by atoms with van der Waals surface area (Å²) in [4.78, 5) is 0. The highest BCUT2D eigenvalue weighted by molar-refractivity contribution is 5.08. The summed E-state index contributed by atoms with van der Waals surface area (Å²) in [6, 6.07) is 0.418. The number of aryl methyl sites for hydroxylation is 1. The molecule has 0 bridgehead atoms. The van der Waals surface area contributed by atoms with Crippen LogP contribution in [0.1, 0.15) is 45.2 Å². The number of aromatic nitrogens is 2. The Morgan fingerprint density at radius 1 is 1.50 bits per heavy atom. The van der Waals surface area contributed by atoms with Crippen LogP contribution in [-0.4, -0.2) is 16.3 Å². The number of unbranched alkanes of at least 4 members (excludes halogenated alkanes) is 1. The summed E-state index contributed by atoms with van der Waals surface area (Å²) in [6.45, 7) is 8.54. The molecule has 0 aromatic carbocycles.